The molecular weight excluding hydrogens is 173 g/mol. The number of nitrogens with two attached hydrogens (primary N) is 1. The summed E-state index contributed by atoms with van der Waals surface area (Å²) in [6.07, 6.45) is 0. The van der Waals surface area contributed by atoms with E-state index in [1.807, 2.05) is 0 Å². The molecule has 0 unspecified atom stereocenters. The van der Waals surface area contributed by atoms with Gasteiger partial charge in [0.15, 0.2) is 18.4 Å². The zero-order chi connectivity index (χ0) is 9.84. The van der Waals surface area contributed by atoms with Gasteiger partial charge in [-0.3, -0.25) is 0 Å². The molecule has 0 atom stereocenters. The number of aryl methyl sites for hydroxylation is 1. The lowest BCUT2D eigenvalue weighted by atomic mass is 10.2. The van der Waals surface area contributed by atoms with Gasteiger partial charge < -0.3 is 15.2 Å². The molecule has 0 amide bonds. The third kappa shape index (κ3) is 2.32. The predicted molar refractivity (Wildman–Crippen MR) is 48.1 cm³/mol. The molecule has 0 saturated heterocycles. The second-order valence-electron chi connectivity index (χ2n) is 2.69. The molecule has 1 aromatic rings. The first kappa shape index (κ1) is 9.80. The largest absolute Gasteiger partial charge is 0.464 e. The molecule has 13 heavy (non-hydrogen) atoms. The lowest BCUT2D eigenvalue weighted by Crippen LogP contribution is -2.02. The fourth-order valence-electron chi connectivity index (χ4n) is 0.903. The highest BCUT2D eigenvalue weighted by Gasteiger charge is 2.05. The molecule has 1 rings (SSSR count). The van der Waals surface area contributed by atoms with Crippen molar-refractivity contribution in [1.82, 2.24) is 0 Å². The minimum absolute atomic E-state index is 0.0281. The summed E-state index contributed by atoms with van der Waals surface area (Å²) in [7, 11) is 1.47. The number of anilines is 1. The quantitative estimate of drug-likeness (QED) is 0.575. The van der Waals surface area contributed by atoms with Crippen LogP contribution in [0.2, 0.25) is 0 Å². The highest BCUT2D eigenvalue weighted by Crippen LogP contribution is 2.23. The van der Waals surface area contributed by atoms with E-state index in [-0.39, 0.29) is 12.5 Å². The van der Waals surface area contributed by atoms with Gasteiger partial charge in [-0.25, -0.2) is 4.39 Å². The fourth-order valence-corrected chi connectivity index (χ4v) is 0.903. The van der Waals surface area contributed by atoms with Crippen molar-refractivity contribution in [2.24, 2.45) is 0 Å². The first-order valence-corrected chi connectivity index (χ1v) is 3.82. The molecule has 0 radical (unpaired) electrons. The van der Waals surface area contributed by atoms with Gasteiger partial charge in [0, 0.05) is 18.9 Å². The lowest BCUT2D eigenvalue weighted by molar-refractivity contribution is 0.0483. The summed E-state index contributed by atoms with van der Waals surface area (Å²) in [5.41, 5.74) is 6.69. The number of nitrogen functional groups attached to an aromatic ring is 1. The van der Waals surface area contributed by atoms with Crippen molar-refractivity contribution < 1.29 is 13.9 Å². The molecule has 0 aliphatic carbocycles. The number of ether oxygens (including phenoxy) is 2. The van der Waals surface area contributed by atoms with E-state index >= 15 is 0 Å². The number of rotatable bonds is 3. The van der Waals surface area contributed by atoms with Gasteiger partial charge in [-0.2, -0.15) is 0 Å². The van der Waals surface area contributed by atoms with Gasteiger partial charge in [0.2, 0.25) is 0 Å². The van der Waals surface area contributed by atoms with Crippen LogP contribution in [0.1, 0.15) is 5.56 Å². The van der Waals surface area contributed by atoms with Gasteiger partial charge in [0.05, 0.1) is 0 Å². The number of halogens is 1. The molecule has 0 fully saturated rings. The summed E-state index contributed by atoms with van der Waals surface area (Å²) in [5, 5.41) is 0. The van der Waals surface area contributed by atoms with Gasteiger partial charge in [-0.05, 0) is 18.6 Å². The Labute approximate surface area is 76.3 Å². The van der Waals surface area contributed by atoms with Crippen LogP contribution in [0, 0.1) is 12.7 Å². The second kappa shape index (κ2) is 4.09. The van der Waals surface area contributed by atoms with E-state index in [1.165, 1.54) is 13.2 Å². The minimum atomic E-state index is -0.472. The maximum absolute atomic E-state index is 13.1. The summed E-state index contributed by atoms with van der Waals surface area (Å²) in [6.45, 7) is 1.81. The van der Waals surface area contributed by atoms with E-state index in [2.05, 4.69) is 4.74 Å². The summed E-state index contributed by atoms with van der Waals surface area (Å²) in [4.78, 5) is 0. The van der Waals surface area contributed by atoms with Crippen molar-refractivity contribution in [3.05, 3.63) is 23.5 Å². The van der Waals surface area contributed by atoms with E-state index in [4.69, 9.17) is 10.5 Å². The summed E-state index contributed by atoms with van der Waals surface area (Å²) in [6, 6.07) is 2.78. The molecule has 0 aliphatic heterocycles. The average Bonchev–Trinajstić information content (AvgIpc) is 2.09. The van der Waals surface area contributed by atoms with E-state index in [0.717, 1.165) is 5.56 Å². The molecule has 0 heterocycles. The van der Waals surface area contributed by atoms with Crippen LogP contribution < -0.4 is 10.5 Å². The Hall–Kier alpha value is -1.29. The van der Waals surface area contributed by atoms with Crippen LogP contribution in [0.3, 0.4) is 0 Å². The summed E-state index contributed by atoms with van der Waals surface area (Å²) in [5.74, 6) is -0.311. The number of benzene rings is 1. The van der Waals surface area contributed by atoms with Gasteiger partial charge in [-0.1, -0.05) is 0 Å². The van der Waals surface area contributed by atoms with E-state index in [0.29, 0.717) is 5.69 Å². The Morgan fingerprint density at radius 3 is 2.77 bits per heavy atom. The first-order valence-electron chi connectivity index (χ1n) is 3.82. The highest BCUT2D eigenvalue weighted by atomic mass is 19.1. The van der Waals surface area contributed by atoms with Gasteiger partial charge in [0.25, 0.3) is 0 Å². The molecule has 0 aromatic heterocycles. The van der Waals surface area contributed by atoms with Crippen LogP contribution in [0.4, 0.5) is 10.1 Å². The first-order chi connectivity index (χ1) is 6.15. The van der Waals surface area contributed by atoms with Crippen molar-refractivity contribution in [3.8, 4) is 5.75 Å². The molecular formula is C9H12FNO2. The number of hydrogen-bond donors (Lipinski definition) is 1. The van der Waals surface area contributed by atoms with Crippen molar-refractivity contribution >= 4 is 5.69 Å². The van der Waals surface area contributed by atoms with Crippen LogP contribution in [0.5, 0.6) is 5.75 Å². The molecule has 72 valence electrons. The van der Waals surface area contributed by atoms with Crippen LogP contribution in [0.15, 0.2) is 12.1 Å². The molecule has 0 aliphatic rings. The van der Waals surface area contributed by atoms with Crippen molar-refractivity contribution in [3.63, 3.8) is 0 Å². The van der Waals surface area contributed by atoms with Crippen molar-refractivity contribution in [2.75, 3.05) is 19.6 Å². The normalized spacial score (nSPS) is 10.1. The molecule has 0 bridgehead atoms. The van der Waals surface area contributed by atoms with E-state index < -0.39 is 5.82 Å². The monoisotopic (exact) mass is 185 g/mol. The molecule has 4 heteroatoms. The number of methoxy groups -OCH3 is 1. The topological polar surface area (TPSA) is 44.5 Å². The van der Waals surface area contributed by atoms with Crippen LogP contribution >= 0.6 is 0 Å². The van der Waals surface area contributed by atoms with Gasteiger partial charge >= 0.3 is 0 Å². The fraction of sp³-hybridized carbons (Fsp3) is 0.333. The Morgan fingerprint density at radius 2 is 2.15 bits per heavy atom. The Kier molecular flexibility index (Phi) is 3.08. The Bertz CT molecular complexity index is 302. The summed E-state index contributed by atoms with van der Waals surface area (Å²) >= 11 is 0. The molecule has 3 nitrogen and oxygen atoms in total. The average molecular weight is 185 g/mol. The van der Waals surface area contributed by atoms with Crippen LogP contribution in [0.25, 0.3) is 0 Å². The minimum Gasteiger partial charge on any atom is -0.464 e. The Morgan fingerprint density at radius 1 is 1.46 bits per heavy atom. The van der Waals surface area contributed by atoms with Crippen molar-refractivity contribution in [1.29, 1.82) is 0 Å². The standard InChI is InChI=1S/C9H12FNO2/c1-6-3-9(13-5-12-2)7(10)4-8(6)11/h3-4H,5,11H2,1-2H3. The zero-order valence-corrected chi connectivity index (χ0v) is 7.63. The predicted octanol–water partition coefficient (Wildman–Crippen LogP) is 1.70. The molecule has 0 spiro atoms. The van der Waals surface area contributed by atoms with Crippen molar-refractivity contribution in [2.45, 2.75) is 6.92 Å². The summed E-state index contributed by atoms with van der Waals surface area (Å²) < 4.78 is 22.7. The lowest BCUT2D eigenvalue weighted by Gasteiger charge is -2.08. The SMILES string of the molecule is COCOc1cc(C)c(N)cc1F. The third-order valence-electron chi connectivity index (χ3n) is 1.65. The molecule has 1 aromatic carbocycles. The third-order valence-corrected chi connectivity index (χ3v) is 1.65. The maximum atomic E-state index is 13.1. The molecule has 0 saturated carbocycles. The van der Waals surface area contributed by atoms with Gasteiger partial charge in [-0.15, -0.1) is 0 Å². The zero-order valence-electron chi connectivity index (χ0n) is 7.63. The van der Waals surface area contributed by atoms with Crippen LogP contribution in [-0.2, 0) is 4.74 Å². The van der Waals surface area contributed by atoms with Crippen LogP contribution in [-0.4, -0.2) is 13.9 Å². The van der Waals surface area contributed by atoms with Gasteiger partial charge in [0.1, 0.15) is 0 Å². The maximum Gasteiger partial charge on any atom is 0.188 e. The van der Waals surface area contributed by atoms with E-state index in [9.17, 15) is 4.39 Å². The smallest absolute Gasteiger partial charge is 0.188 e. The molecule has 2 N–H and O–H groups in total. The highest BCUT2D eigenvalue weighted by molar-refractivity contribution is 5.50. The number of hydrogen-bond acceptors (Lipinski definition) is 3. The van der Waals surface area contributed by atoms with E-state index in [1.54, 1.807) is 13.0 Å². The second-order valence-corrected chi connectivity index (χ2v) is 2.69. The Balaban J connectivity index is 2.88.